The first kappa shape index (κ1) is 43.4. The van der Waals surface area contributed by atoms with E-state index in [0.29, 0.717) is 19.4 Å². The van der Waals surface area contributed by atoms with Crippen molar-refractivity contribution in [1.82, 2.24) is 10.6 Å². The van der Waals surface area contributed by atoms with Crippen LogP contribution in [0.25, 0.3) is 0 Å². The minimum atomic E-state index is -0.447. The summed E-state index contributed by atoms with van der Waals surface area (Å²) in [6.45, 7) is 5.25. The lowest BCUT2D eigenvalue weighted by molar-refractivity contribution is -0.129. The fourth-order valence-electron chi connectivity index (χ4n) is 5.72. The van der Waals surface area contributed by atoms with Crippen molar-refractivity contribution in [2.24, 2.45) is 0 Å². The molecule has 0 radical (unpaired) electrons. The number of thiol groups is 1. The number of carbonyl (C=O) groups excluding carboxylic acids is 2. The van der Waals surface area contributed by atoms with Crippen molar-refractivity contribution < 1.29 is 9.59 Å². The van der Waals surface area contributed by atoms with Gasteiger partial charge in [-0.25, -0.2) is 0 Å². The van der Waals surface area contributed by atoms with Crippen LogP contribution in [0.5, 0.6) is 0 Å². The van der Waals surface area contributed by atoms with E-state index in [4.69, 9.17) is 0 Å². The predicted molar refractivity (Wildman–Crippen MR) is 201 cm³/mol. The average molecular weight is 655 g/mol. The number of hydrogen-bond acceptors (Lipinski definition) is 4. The van der Waals surface area contributed by atoms with Gasteiger partial charge in [0.1, 0.15) is 6.04 Å². The van der Waals surface area contributed by atoms with Crippen molar-refractivity contribution in [2.75, 3.05) is 12.3 Å². The van der Waals surface area contributed by atoms with Crippen molar-refractivity contribution in [3.63, 3.8) is 0 Å². The third-order valence-corrected chi connectivity index (χ3v) is 9.61. The highest BCUT2D eigenvalue weighted by molar-refractivity contribution is 8.68. The second-order valence-electron chi connectivity index (χ2n) is 13.0. The Kier molecular flexibility index (Phi) is 36.3. The van der Waals surface area contributed by atoms with Crippen molar-refractivity contribution >= 4 is 34.3 Å². The van der Waals surface area contributed by atoms with Crippen LogP contribution in [-0.2, 0) is 9.59 Å². The summed E-state index contributed by atoms with van der Waals surface area (Å²) >= 11 is 4.23. The normalized spacial score (nSPS) is 12.2. The number of allylic oxidation sites excluding steroid dienone is 2. The number of unbranched alkanes of at least 4 members (excludes halogenated alkanes) is 24. The number of rotatable bonds is 35. The molecule has 0 aliphatic heterocycles. The van der Waals surface area contributed by atoms with Gasteiger partial charge in [-0.05, 0) is 44.9 Å². The minimum Gasteiger partial charge on any atom is -0.354 e. The topological polar surface area (TPSA) is 58.2 Å². The molecule has 6 heteroatoms. The molecule has 260 valence electrons. The van der Waals surface area contributed by atoms with E-state index in [-0.39, 0.29) is 11.8 Å². The van der Waals surface area contributed by atoms with Crippen molar-refractivity contribution in [3.8, 4) is 0 Å². The predicted octanol–water partition coefficient (Wildman–Crippen LogP) is 12.1. The summed E-state index contributed by atoms with van der Waals surface area (Å²) in [5.41, 5.74) is 0. The van der Waals surface area contributed by atoms with E-state index in [1.165, 1.54) is 158 Å². The Morgan fingerprint density at radius 1 is 0.591 bits per heavy atom. The molecule has 1 unspecified atom stereocenters. The van der Waals surface area contributed by atoms with E-state index >= 15 is 0 Å². The molecule has 44 heavy (non-hydrogen) atoms. The van der Waals surface area contributed by atoms with E-state index in [1.807, 2.05) is 0 Å². The van der Waals surface area contributed by atoms with Gasteiger partial charge in [-0.15, -0.1) is 11.7 Å². The van der Waals surface area contributed by atoms with Crippen molar-refractivity contribution in [2.45, 2.75) is 206 Å². The van der Waals surface area contributed by atoms with E-state index < -0.39 is 6.04 Å². The van der Waals surface area contributed by atoms with Gasteiger partial charge in [0.2, 0.25) is 11.8 Å². The fourth-order valence-corrected chi connectivity index (χ4v) is 6.37. The highest BCUT2D eigenvalue weighted by Crippen LogP contribution is 2.14. The van der Waals surface area contributed by atoms with Gasteiger partial charge in [0.15, 0.2) is 0 Å². The first-order valence-electron chi connectivity index (χ1n) is 19.1. The standard InChI is InChI=1S/C38H74N2O2S2/c1-3-5-7-9-11-13-15-17-19-20-22-24-26-28-30-32-37(41)40-36(33-35-44-43)38(42)39-34-31-29-27-25-23-21-18-16-14-12-10-8-6-4-2/h17,19,36,43H,3-16,18,20-35H2,1-2H3,(H,39,42)(H,40,41)/b19-17+. The van der Waals surface area contributed by atoms with Gasteiger partial charge >= 0.3 is 0 Å². The van der Waals surface area contributed by atoms with Crippen LogP contribution in [0.2, 0.25) is 0 Å². The Labute approximate surface area is 284 Å². The Bertz CT molecular complexity index is 644. The lowest BCUT2D eigenvalue weighted by atomic mass is 10.0. The third kappa shape index (κ3) is 32.8. The molecule has 0 aromatic rings. The molecule has 0 aromatic carbocycles. The third-order valence-electron chi connectivity index (χ3n) is 8.64. The number of carbonyl (C=O) groups is 2. The maximum atomic E-state index is 12.8. The summed E-state index contributed by atoms with van der Waals surface area (Å²) in [6.07, 6.45) is 40.7. The Balaban J connectivity index is 3.76. The zero-order chi connectivity index (χ0) is 32.2. The molecule has 0 bridgehead atoms. The molecule has 0 saturated carbocycles. The van der Waals surface area contributed by atoms with E-state index in [1.54, 1.807) is 0 Å². The molecule has 4 nitrogen and oxygen atoms in total. The molecule has 1 atom stereocenters. The van der Waals surface area contributed by atoms with Gasteiger partial charge in [-0.1, -0.05) is 172 Å². The summed E-state index contributed by atoms with van der Waals surface area (Å²) in [5.74, 6) is 0.705. The molecule has 0 aliphatic carbocycles. The van der Waals surface area contributed by atoms with Crippen molar-refractivity contribution in [1.29, 1.82) is 0 Å². The maximum Gasteiger partial charge on any atom is 0.242 e. The zero-order valence-corrected chi connectivity index (χ0v) is 31.0. The number of hydrogen-bond donors (Lipinski definition) is 3. The smallest absolute Gasteiger partial charge is 0.242 e. The highest BCUT2D eigenvalue weighted by atomic mass is 33.1. The molecular weight excluding hydrogens is 581 g/mol. The Hall–Kier alpha value is -0.620. The van der Waals surface area contributed by atoms with Gasteiger partial charge in [0.25, 0.3) is 0 Å². The summed E-state index contributed by atoms with van der Waals surface area (Å²) in [6, 6.07) is -0.447. The molecule has 2 amide bonds. The first-order chi connectivity index (χ1) is 21.7. The minimum absolute atomic E-state index is 0.00318. The Morgan fingerprint density at radius 3 is 1.45 bits per heavy atom. The van der Waals surface area contributed by atoms with Gasteiger partial charge in [-0.3, -0.25) is 9.59 Å². The van der Waals surface area contributed by atoms with Gasteiger partial charge < -0.3 is 10.6 Å². The van der Waals surface area contributed by atoms with Gasteiger partial charge in [0, 0.05) is 18.7 Å². The summed E-state index contributed by atoms with van der Waals surface area (Å²) in [4.78, 5) is 25.3. The molecule has 0 fully saturated rings. The van der Waals surface area contributed by atoms with Crippen LogP contribution in [0.15, 0.2) is 12.2 Å². The quantitative estimate of drug-likeness (QED) is 0.0276. The van der Waals surface area contributed by atoms with E-state index in [9.17, 15) is 9.59 Å². The highest BCUT2D eigenvalue weighted by Gasteiger charge is 2.19. The molecule has 0 aliphatic rings. The Morgan fingerprint density at radius 2 is 1.00 bits per heavy atom. The van der Waals surface area contributed by atoms with Crippen LogP contribution in [0, 0.1) is 0 Å². The van der Waals surface area contributed by atoms with Gasteiger partial charge in [-0.2, -0.15) is 0 Å². The van der Waals surface area contributed by atoms with Crippen LogP contribution < -0.4 is 10.6 Å². The second kappa shape index (κ2) is 36.8. The molecular formula is C38H74N2O2S2. The lowest BCUT2D eigenvalue weighted by Crippen LogP contribution is -2.47. The SMILES string of the molecule is CCCCCCCC/C=C/CCCCCCCC(=O)NC(CCSS)C(=O)NCCCCCCCCCCCCCCCC. The van der Waals surface area contributed by atoms with Gasteiger partial charge in [0.05, 0.1) is 0 Å². The molecule has 0 saturated heterocycles. The maximum absolute atomic E-state index is 12.8. The summed E-state index contributed by atoms with van der Waals surface area (Å²) in [5, 5.41) is 6.07. The monoisotopic (exact) mass is 655 g/mol. The molecule has 0 spiro atoms. The first-order valence-corrected chi connectivity index (χ1v) is 21.2. The largest absolute Gasteiger partial charge is 0.354 e. The van der Waals surface area contributed by atoms with Crippen LogP contribution in [0.4, 0.5) is 0 Å². The second-order valence-corrected chi connectivity index (χ2v) is 14.4. The summed E-state index contributed by atoms with van der Waals surface area (Å²) < 4.78 is 0. The van der Waals surface area contributed by atoms with Crippen molar-refractivity contribution in [3.05, 3.63) is 12.2 Å². The van der Waals surface area contributed by atoms with Crippen LogP contribution in [0.1, 0.15) is 200 Å². The number of nitrogens with one attached hydrogen (secondary N) is 2. The lowest BCUT2D eigenvalue weighted by Gasteiger charge is -2.18. The van der Waals surface area contributed by atoms with E-state index in [2.05, 4.69) is 48.3 Å². The van der Waals surface area contributed by atoms with Crippen LogP contribution in [0.3, 0.4) is 0 Å². The number of amides is 2. The molecule has 0 aromatic heterocycles. The molecule has 0 rings (SSSR count). The zero-order valence-electron chi connectivity index (χ0n) is 29.3. The van der Waals surface area contributed by atoms with Crippen LogP contribution >= 0.6 is 22.5 Å². The fraction of sp³-hybridized carbons (Fsp3) is 0.895. The average Bonchev–Trinajstić information content (AvgIpc) is 3.02. The molecule has 2 N–H and O–H groups in total. The summed E-state index contributed by atoms with van der Waals surface area (Å²) in [7, 11) is 1.42. The van der Waals surface area contributed by atoms with Crippen LogP contribution in [-0.4, -0.2) is 30.2 Å². The van der Waals surface area contributed by atoms with E-state index in [0.717, 1.165) is 31.4 Å². The molecule has 0 heterocycles.